The Morgan fingerprint density at radius 2 is 1.54 bits per heavy atom. The van der Waals surface area contributed by atoms with Gasteiger partial charge in [-0.3, -0.25) is 0 Å². The average Bonchev–Trinajstić information content (AvgIpc) is 3.03. The number of aryl methyl sites for hydroxylation is 1. The number of hydrogen-bond donors (Lipinski definition) is 0. The Labute approximate surface area is 161 Å². The lowest BCUT2D eigenvalue weighted by atomic mass is 10.1. The SMILES string of the molecule is Cc1ccc(S(=O)(=O)n2c3ccc(F)cc3c3ccc4ccccc4c32)cc1. The van der Waals surface area contributed by atoms with Crippen LogP contribution < -0.4 is 0 Å². The summed E-state index contributed by atoms with van der Waals surface area (Å²) in [7, 11) is -3.88. The van der Waals surface area contributed by atoms with E-state index in [9.17, 15) is 12.8 Å². The van der Waals surface area contributed by atoms with Crippen LogP contribution in [-0.4, -0.2) is 12.4 Å². The predicted octanol–water partition coefficient (Wildman–Crippen LogP) is 5.63. The predicted molar refractivity (Wildman–Crippen MR) is 111 cm³/mol. The van der Waals surface area contributed by atoms with Crippen molar-refractivity contribution in [2.24, 2.45) is 0 Å². The fourth-order valence-corrected chi connectivity index (χ4v) is 5.32. The minimum atomic E-state index is -3.88. The highest BCUT2D eigenvalue weighted by Crippen LogP contribution is 2.37. The van der Waals surface area contributed by atoms with Gasteiger partial charge in [0.15, 0.2) is 0 Å². The van der Waals surface area contributed by atoms with E-state index in [1.807, 2.05) is 43.3 Å². The van der Waals surface area contributed by atoms with Gasteiger partial charge in [0.1, 0.15) is 5.82 Å². The van der Waals surface area contributed by atoms with Gasteiger partial charge in [-0.1, -0.05) is 54.1 Å². The lowest BCUT2D eigenvalue weighted by Gasteiger charge is -2.11. The second kappa shape index (κ2) is 5.91. The summed E-state index contributed by atoms with van der Waals surface area (Å²) in [4.78, 5) is 0.203. The molecule has 5 rings (SSSR count). The van der Waals surface area contributed by atoms with Crippen molar-refractivity contribution in [1.29, 1.82) is 0 Å². The lowest BCUT2D eigenvalue weighted by molar-refractivity contribution is 0.590. The van der Waals surface area contributed by atoms with Crippen LogP contribution in [0.4, 0.5) is 4.39 Å². The van der Waals surface area contributed by atoms with Gasteiger partial charge in [-0.05, 0) is 42.6 Å². The zero-order valence-corrected chi connectivity index (χ0v) is 15.9. The van der Waals surface area contributed by atoms with Crippen LogP contribution in [-0.2, 0) is 10.0 Å². The third kappa shape index (κ3) is 2.36. The van der Waals surface area contributed by atoms with E-state index >= 15 is 0 Å². The van der Waals surface area contributed by atoms with Crippen LogP contribution in [0, 0.1) is 12.7 Å². The van der Waals surface area contributed by atoms with Gasteiger partial charge >= 0.3 is 0 Å². The molecule has 4 aromatic carbocycles. The molecule has 0 unspecified atom stereocenters. The molecule has 5 aromatic rings. The van der Waals surface area contributed by atoms with Crippen LogP contribution >= 0.6 is 0 Å². The second-order valence-electron chi connectivity index (χ2n) is 6.93. The molecule has 0 bridgehead atoms. The number of hydrogen-bond acceptors (Lipinski definition) is 2. The summed E-state index contributed by atoms with van der Waals surface area (Å²) in [6.07, 6.45) is 0. The minimum absolute atomic E-state index is 0.203. The standard InChI is InChI=1S/C23H16FNO2S/c1-15-6-10-18(11-7-15)28(26,27)25-22-13-9-17(24)14-21(22)20-12-8-16-4-2-3-5-19(16)23(20)25/h2-14H,1H3. The van der Waals surface area contributed by atoms with E-state index in [0.717, 1.165) is 16.3 Å². The Bertz CT molecular complexity index is 1480. The number of aromatic nitrogens is 1. The van der Waals surface area contributed by atoms with Gasteiger partial charge in [-0.25, -0.2) is 16.8 Å². The number of nitrogens with zero attached hydrogens (tertiary/aromatic N) is 1. The zero-order chi connectivity index (χ0) is 19.5. The highest BCUT2D eigenvalue weighted by atomic mass is 32.2. The lowest BCUT2D eigenvalue weighted by Crippen LogP contribution is -2.13. The monoisotopic (exact) mass is 389 g/mol. The van der Waals surface area contributed by atoms with Gasteiger partial charge in [0.2, 0.25) is 0 Å². The fourth-order valence-electron chi connectivity index (χ4n) is 3.78. The fraction of sp³-hybridized carbons (Fsp3) is 0.0435. The van der Waals surface area contributed by atoms with Crippen LogP contribution in [0.5, 0.6) is 0 Å². The summed E-state index contributed by atoms with van der Waals surface area (Å²) >= 11 is 0. The topological polar surface area (TPSA) is 39.1 Å². The summed E-state index contributed by atoms with van der Waals surface area (Å²) in [5, 5.41) is 3.03. The molecule has 0 aliphatic heterocycles. The molecule has 0 atom stereocenters. The Kier molecular flexibility index (Phi) is 3.58. The second-order valence-corrected chi connectivity index (χ2v) is 8.71. The normalized spacial score (nSPS) is 12.2. The number of fused-ring (bicyclic) bond motifs is 5. The smallest absolute Gasteiger partial charge is 0.233 e. The molecule has 28 heavy (non-hydrogen) atoms. The van der Waals surface area contributed by atoms with Crippen molar-refractivity contribution in [2.45, 2.75) is 11.8 Å². The Balaban J connectivity index is 2.01. The molecule has 0 amide bonds. The highest BCUT2D eigenvalue weighted by Gasteiger charge is 2.24. The van der Waals surface area contributed by atoms with E-state index in [-0.39, 0.29) is 4.90 Å². The number of halogens is 1. The molecule has 0 fully saturated rings. The molecule has 3 nitrogen and oxygen atoms in total. The first-order valence-electron chi connectivity index (χ1n) is 8.90. The van der Waals surface area contributed by atoms with Crippen LogP contribution in [0.25, 0.3) is 32.6 Å². The average molecular weight is 389 g/mol. The maximum atomic E-state index is 14.0. The minimum Gasteiger partial charge on any atom is -0.233 e. The molecule has 0 saturated carbocycles. The Hall–Kier alpha value is -3.18. The van der Waals surface area contributed by atoms with Crippen molar-refractivity contribution < 1.29 is 12.8 Å². The summed E-state index contributed by atoms with van der Waals surface area (Å²) in [5.41, 5.74) is 2.02. The van der Waals surface area contributed by atoms with Gasteiger partial charge in [0.25, 0.3) is 10.0 Å². The zero-order valence-electron chi connectivity index (χ0n) is 15.1. The molecule has 1 aromatic heterocycles. The largest absolute Gasteiger partial charge is 0.268 e. The molecule has 5 heteroatoms. The number of rotatable bonds is 2. The van der Waals surface area contributed by atoms with Crippen molar-refractivity contribution in [3.05, 3.63) is 90.2 Å². The summed E-state index contributed by atoms with van der Waals surface area (Å²) in [5.74, 6) is -0.396. The molecular weight excluding hydrogens is 373 g/mol. The molecule has 0 aliphatic rings. The molecule has 0 saturated heterocycles. The quantitative estimate of drug-likeness (QED) is 0.392. The van der Waals surface area contributed by atoms with Crippen molar-refractivity contribution >= 4 is 42.6 Å². The molecule has 138 valence electrons. The highest BCUT2D eigenvalue weighted by molar-refractivity contribution is 7.90. The molecule has 0 N–H and O–H groups in total. The third-order valence-corrected chi connectivity index (χ3v) is 6.86. The van der Waals surface area contributed by atoms with Crippen LogP contribution in [0.2, 0.25) is 0 Å². The van der Waals surface area contributed by atoms with E-state index in [1.165, 1.54) is 22.2 Å². The Morgan fingerprint density at radius 3 is 2.32 bits per heavy atom. The van der Waals surface area contributed by atoms with Crippen molar-refractivity contribution in [3.8, 4) is 0 Å². The van der Waals surface area contributed by atoms with E-state index in [1.54, 1.807) is 24.3 Å². The van der Waals surface area contributed by atoms with Crippen LogP contribution in [0.15, 0.2) is 83.8 Å². The van der Waals surface area contributed by atoms with E-state index in [2.05, 4.69) is 0 Å². The Morgan fingerprint density at radius 1 is 0.786 bits per heavy atom. The van der Waals surface area contributed by atoms with E-state index in [4.69, 9.17) is 0 Å². The number of benzene rings is 4. The molecule has 0 radical (unpaired) electrons. The van der Waals surface area contributed by atoms with Crippen LogP contribution in [0.3, 0.4) is 0 Å². The molecule has 0 aliphatic carbocycles. The van der Waals surface area contributed by atoms with Crippen molar-refractivity contribution in [3.63, 3.8) is 0 Å². The first-order valence-corrected chi connectivity index (χ1v) is 10.3. The van der Waals surface area contributed by atoms with Gasteiger partial charge in [-0.15, -0.1) is 0 Å². The summed E-state index contributed by atoms with van der Waals surface area (Å²) < 4.78 is 42.6. The first-order chi connectivity index (χ1) is 13.5. The van der Waals surface area contributed by atoms with Crippen LogP contribution in [0.1, 0.15) is 5.56 Å². The van der Waals surface area contributed by atoms with Gasteiger partial charge in [-0.2, -0.15) is 0 Å². The van der Waals surface area contributed by atoms with E-state index in [0.29, 0.717) is 21.8 Å². The molecule has 0 spiro atoms. The van der Waals surface area contributed by atoms with Crippen molar-refractivity contribution in [1.82, 2.24) is 3.97 Å². The van der Waals surface area contributed by atoms with Crippen molar-refractivity contribution in [2.75, 3.05) is 0 Å². The third-order valence-electron chi connectivity index (χ3n) is 5.13. The molecular formula is C23H16FNO2S. The molecule has 1 heterocycles. The van der Waals surface area contributed by atoms with Gasteiger partial charge in [0, 0.05) is 16.2 Å². The van der Waals surface area contributed by atoms with Gasteiger partial charge in [0.05, 0.1) is 15.9 Å². The summed E-state index contributed by atoms with van der Waals surface area (Å²) in [6, 6.07) is 22.4. The maximum Gasteiger partial charge on any atom is 0.268 e. The van der Waals surface area contributed by atoms with Gasteiger partial charge < -0.3 is 0 Å². The van der Waals surface area contributed by atoms with E-state index < -0.39 is 15.8 Å². The summed E-state index contributed by atoms with van der Waals surface area (Å²) in [6.45, 7) is 1.91. The first kappa shape index (κ1) is 17.0. The maximum absolute atomic E-state index is 14.0.